The standard InChI is InChI=1S/C24H31ClN4O4S/c1-34(31,32)29-9-3-5-19(16-29)24(30)28-23-13-21(22(25)15-27-23)18-4-2-6-20(12-18)26-14-17-7-10-33-11-8-17/h2,4,6,12-13,15,17,19,26H,3,5,7-11,14,16H2,1H3,(H,27,28,30)/t19-/m0/s1. The van der Waals surface area contributed by atoms with Crippen LogP contribution in [0.3, 0.4) is 0 Å². The second kappa shape index (κ2) is 11.0. The van der Waals surface area contributed by atoms with Gasteiger partial charge in [0.2, 0.25) is 15.9 Å². The number of amides is 1. The second-order valence-electron chi connectivity index (χ2n) is 9.02. The van der Waals surface area contributed by atoms with Crippen LogP contribution in [0.5, 0.6) is 0 Å². The van der Waals surface area contributed by atoms with Crippen LogP contribution >= 0.6 is 11.6 Å². The Morgan fingerprint density at radius 3 is 2.79 bits per heavy atom. The zero-order valence-electron chi connectivity index (χ0n) is 19.3. The Kier molecular flexibility index (Phi) is 8.08. The van der Waals surface area contributed by atoms with Gasteiger partial charge >= 0.3 is 0 Å². The summed E-state index contributed by atoms with van der Waals surface area (Å²) in [6.45, 7) is 3.17. The van der Waals surface area contributed by atoms with Gasteiger partial charge in [0.1, 0.15) is 5.82 Å². The first-order valence-electron chi connectivity index (χ1n) is 11.6. The molecule has 184 valence electrons. The summed E-state index contributed by atoms with van der Waals surface area (Å²) in [5.74, 6) is 0.340. The van der Waals surface area contributed by atoms with Crippen molar-refractivity contribution < 1.29 is 17.9 Å². The number of hydrogen-bond donors (Lipinski definition) is 2. The third kappa shape index (κ3) is 6.47. The maximum atomic E-state index is 12.8. The highest BCUT2D eigenvalue weighted by Gasteiger charge is 2.30. The number of ether oxygens (including phenoxy) is 1. The minimum atomic E-state index is -3.32. The van der Waals surface area contributed by atoms with Gasteiger partial charge in [-0.2, -0.15) is 0 Å². The number of nitrogens with one attached hydrogen (secondary N) is 2. The Morgan fingerprint density at radius 2 is 2.03 bits per heavy atom. The van der Waals surface area contributed by atoms with E-state index in [0.29, 0.717) is 36.1 Å². The Labute approximate surface area is 206 Å². The molecule has 1 atom stereocenters. The number of rotatable bonds is 7. The van der Waals surface area contributed by atoms with Gasteiger partial charge in [-0.05, 0) is 55.4 Å². The third-order valence-electron chi connectivity index (χ3n) is 6.44. The Morgan fingerprint density at radius 1 is 1.24 bits per heavy atom. The normalized spacial score (nSPS) is 20.1. The molecule has 34 heavy (non-hydrogen) atoms. The molecule has 2 N–H and O–H groups in total. The summed E-state index contributed by atoms with van der Waals surface area (Å²) in [6, 6.07) is 9.76. The average Bonchev–Trinajstić information content (AvgIpc) is 2.84. The lowest BCUT2D eigenvalue weighted by Crippen LogP contribution is -2.43. The Hall–Kier alpha value is -2.20. The van der Waals surface area contributed by atoms with Gasteiger partial charge in [0.25, 0.3) is 0 Å². The van der Waals surface area contributed by atoms with Crippen molar-refractivity contribution in [3.63, 3.8) is 0 Å². The number of aromatic nitrogens is 1. The number of halogens is 1. The average molecular weight is 507 g/mol. The molecule has 0 bridgehead atoms. The number of hydrogen-bond acceptors (Lipinski definition) is 6. The molecule has 2 fully saturated rings. The fourth-order valence-electron chi connectivity index (χ4n) is 4.42. The molecule has 1 aromatic heterocycles. The topological polar surface area (TPSA) is 101 Å². The third-order valence-corrected chi connectivity index (χ3v) is 8.01. The molecule has 4 rings (SSSR count). The van der Waals surface area contributed by atoms with Gasteiger partial charge in [0.05, 0.1) is 17.2 Å². The van der Waals surface area contributed by atoms with Gasteiger partial charge in [-0.15, -0.1) is 0 Å². The van der Waals surface area contributed by atoms with Crippen molar-refractivity contribution in [2.45, 2.75) is 25.7 Å². The van der Waals surface area contributed by atoms with E-state index in [1.807, 2.05) is 24.3 Å². The number of piperidine rings is 1. The van der Waals surface area contributed by atoms with Gasteiger partial charge in [-0.3, -0.25) is 4.79 Å². The minimum Gasteiger partial charge on any atom is -0.385 e. The summed E-state index contributed by atoms with van der Waals surface area (Å²) in [7, 11) is -3.32. The fourth-order valence-corrected chi connectivity index (χ4v) is 5.55. The smallest absolute Gasteiger partial charge is 0.229 e. The lowest BCUT2D eigenvalue weighted by atomic mass is 9.98. The zero-order valence-corrected chi connectivity index (χ0v) is 20.9. The summed E-state index contributed by atoms with van der Waals surface area (Å²) in [4.78, 5) is 17.1. The molecule has 0 spiro atoms. The van der Waals surface area contributed by atoms with Crippen molar-refractivity contribution >= 4 is 39.0 Å². The van der Waals surface area contributed by atoms with E-state index in [4.69, 9.17) is 16.3 Å². The molecule has 0 radical (unpaired) electrons. The van der Waals surface area contributed by atoms with Gasteiger partial charge < -0.3 is 15.4 Å². The van der Waals surface area contributed by atoms with Crippen LogP contribution in [0.4, 0.5) is 11.5 Å². The van der Waals surface area contributed by atoms with E-state index in [0.717, 1.165) is 49.4 Å². The van der Waals surface area contributed by atoms with Crippen LogP contribution in [-0.2, 0) is 19.6 Å². The highest BCUT2D eigenvalue weighted by Crippen LogP contribution is 2.31. The van der Waals surface area contributed by atoms with E-state index < -0.39 is 15.9 Å². The van der Waals surface area contributed by atoms with Crippen LogP contribution in [-0.4, -0.2) is 62.7 Å². The highest BCUT2D eigenvalue weighted by atomic mass is 35.5. The summed E-state index contributed by atoms with van der Waals surface area (Å²) in [6.07, 6.45) is 6.12. The first-order chi connectivity index (χ1) is 16.3. The molecule has 2 aromatic rings. The number of benzene rings is 1. The number of sulfonamides is 1. The molecule has 8 nitrogen and oxygen atoms in total. The molecule has 10 heteroatoms. The molecule has 1 amide bonds. The van der Waals surface area contributed by atoms with E-state index in [-0.39, 0.29) is 12.5 Å². The molecule has 2 aliphatic rings. The van der Waals surface area contributed by atoms with E-state index >= 15 is 0 Å². The number of anilines is 2. The quantitative estimate of drug-likeness (QED) is 0.591. The SMILES string of the molecule is CS(=O)(=O)N1CCC[C@H](C(=O)Nc2cc(-c3cccc(NCC4CCOCC4)c3)c(Cl)cn2)C1. The van der Waals surface area contributed by atoms with Crippen molar-refractivity contribution in [2.24, 2.45) is 11.8 Å². The van der Waals surface area contributed by atoms with E-state index in [9.17, 15) is 13.2 Å². The molecule has 0 aliphatic carbocycles. The largest absolute Gasteiger partial charge is 0.385 e. The van der Waals surface area contributed by atoms with Crippen molar-refractivity contribution in [2.75, 3.05) is 49.7 Å². The predicted molar refractivity (Wildman–Crippen MR) is 134 cm³/mol. The highest BCUT2D eigenvalue weighted by molar-refractivity contribution is 7.88. The molecule has 2 aliphatic heterocycles. The summed E-state index contributed by atoms with van der Waals surface area (Å²) in [5, 5.41) is 6.85. The van der Waals surface area contributed by atoms with E-state index in [1.54, 1.807) is 6.07 Å². The molecular weight excluding hydrogens is 476 g/mol. The maximum absolute atomic E-state index is 12.8. The van der Waals surface area contributed by atoms with Gasteiger partial charge in [-0.1, -0.05) is 23.7 Å². The van der Waals surface area contributed by atoms with Crippen molar-refractivity contribution in [3.05, 3.63) is 41.6 Å². The second-order valence-corrected chi connectivity index (χ2v) is 11.4. The maximum Gasteiger partial charge on any atom is 0.229 e. The van der Waals surface area contributed by atoms with Crippen LogP contribution in [0.2, 0.25) is 5.02 Å². The van der Waals surface area contributed by atoms with Gasteiger partial charge in [0, 0.05) is 50.3 Å². The number of carbonyl (C=O) groups is 1. The van der Waals surface area contributed by atoms with Gasteiger partial charge in [-0.25, -0.2) is 17.7 Å². The lowest BCUT2D eigenvalue weighted by Gasteiger charge is -2.30. The molecule has 0 saturated carbocycles. The van der Waals surface area contributed by atoms with Crippen LogP contribution < -0.4 is 10.6 Å². The zero-order chi connectivity index (χ0) is 24.1. The fraction of sp³-hybridized carbons (Fsp3) is 0.500. The Bertz CT molecular complexity index is 1120. The van der Waals surface area contributed by atoms with Crippen molar-refractivity contribution in [3.8, 4) is 11.1 Å². The molecular formula is C24H31ClN4O4S. The first-order valence-corrected chi connectivity index (χ1v) is 13.9. The van der Waals surface area contributed by atoms with Crippen molar-refractivity contribution in [1.82, 2.24) is 9.29 Å². The molecule has 3 heterocycles. The summed E-state index contributed by atoms with van der Waals surface area (Å²) >= 11 is 6.45. The Balaban J connectivity index is 1.44. The molecule has 0 unspecified atom stereocenters. The van der Waals surface area contributed by atoms with Crippen LogP contribution in [0.25, 0.3) is 11.1 Å². The van der Waals surface area contributed by atoms with Crippen LogP contribution in [0, 0.1) is 11.8 Å². The minimum absolute atomic E-state index is 0.186. The molecule has 2 saturated heterocycles. The number of carbonyl (C=O) groups excluding carboxylic acids is 1. The van der Waals surface area contributed by atoms with E-state index in [1.165, 1.54) is 16.8 Å². The van der Waals surface area contributed by atoms with Crippen LogP contribution in [0.1, 0.15) is 25.7 Å². The predicted octanol–water partition coefficient (Wildman–Crippen LogP) is 3.85. The van der Waals surface area contributed by atoms with Crippen LogP contribution in [0.15, 0.2) is 36.5 Å². The number of nitrogens with zero attached hydrogens (tertiary/aromatic N) is 2. The number of pyridine rings is 1. The monoisotopic (exact) mass is 506 g/mol. The lowest BCUT2D eigenvalue weighted by molar-refractivity contribution is -0.120. The van der Waals surface area contributed by atoms with Gasteiger partial charge in [0.15, 0.2) is 0 Å². The van der Waals surface area contributed by atoms with Crippen molar-refractivity contribution in [1.29, 1.82) is 0 Å². The molecule has 1 aromatic carbocycles. The van der Waals surface area contributed by atoms with E-state index in [2.05, 4.69) is 15.6 Å². The summed E-state index contributed by atoms with van der Waals surface area (Å²) in [5.41, 5.74) is 2.69. The first kappa shape index (κ1) is 24.9. The summed E-state index contributed by atoms with van der Waals surface area (Å²) < 4.78 is 30.5.